The number of ether oxygens (including phenoxy) is 1. The molecule has 0 radical (unpaired) electrons. The number of carbonyl (C=O) groups excluding carboxylic acids is 2. The Morgan fingerprint density at radius 2 is 2.11 bits per heavy atom. The van der Waals surface area contributed by atoms with Crippen molar-refractivity contribution in [2.45, 2.75) is 44.2 Å². The molecule has 3 aliphatic rings. The first-order chi connectivity index (χ1) is 13.9. The maximum Gasteiger partial charge on any atom is 0.313 e. The van der Waals surface area contributed by atoms with Gasteiger partial charge in [-0.05, 0) is 32.1 Å². The molecule has 4 unspecified atom stereocenters. The number of fused-ring (bicyclic) bond motifs is 1. The van der Waals surface area contributed by atoms with Gasteiger partial charge in [0.1, 0.15) is 5.04 Å². The summed E-state index contributed by atoms with van der Waals surface area (Å²) in [6.45, 7) is 1.15. The number of amides is 1. The molecule has 0 spiro atoms. The fraction of sp³-hybridized carbons (Fsp3) is 0.722. The molecule has 1 aliphatic carbocycles. The predicted molar refractivity (Wildman–Crippen MR) is 105 cm³/mol. The number of hydrogen-bond acceptors (Lipinski definition) is 8. The normalized spacial score (nSPS) is 30.3. The summed E-state index contributed by atoms with van der Waals surface area (Å²) in [5, 5.41) is 9.68. The highest BCUT2D eigenvalue weighted by Gasteiger charge is 2.38. The van der Waals surface area contributed by atoms with E-state index in [-0.39, 0.29) is 41.5 Å². The van der Waals surface area contributed by atoms with Crippen molar-refractivity contribution in [3.05, 3.63) is 0 Å². The second-order valence-corrected chi connectivity index (χ2v) is 8.35. The molecule has 1 saturated carbocycles. The highest BCUT2D eigenvalue weighted by molar-refractivity contribution is 8.16. The lowest BCUT2D eigenvalue weighted by atomic mass is 9.82. The summed E-state index contributed by atoms with van der Waals surface area (Å²) in [6.07, 6.45) is 3.34. The van der Waals surface area contributed by atoms with Gasteiger partial charge in [0.25, 0.3) is 0 Å². The zero-order valence-corrected chi connectivity index (χ0v) is 16.6. The minimum atomic E-state index is -0.930. The Morgan fingerprint density at radius 1 is 1.29 bits per heavy atom. The smallest absolute Gasteiger partial charge is 0.313 e. The summed E-state index contributed by atoms with van der Waals surface area (Å²) in [5.74, 6) is -1.53. The molecule has 2 aliphatic heterocycles. The van der Waals surface area contributed by atoms with Gasteiger partial charge in [-0.1, -0.05) is 11.8 Å². The fourth-order valence-electron chi connectivity index (χ4n) is 4.06. The molecule has 154 valence electrons. The fourth-order valence-corrected chi connectivity index (χ4v) is 4.84. The van der Waals surface area contributed by atoms with E-state index in [9.17, 15) is 14.4 Å². The summed E-state index contributed by atoms with van der Waals surface area (Å²) in [6, 6.07) is -0.278. The lowest BCUT2D eigenvalue weighted by Crippen LogP contribution is -2.49. The number of nitrogens with zero attached hydrogens (tertiary/aromatic N) is 3. The van der Waals surface area contributed by atoms with Crippen molar-refractivity contribution in [3.63, 3.8) is 0 Å². The number of aliphatic imine (C=N–C) groups is 2. The van der Waals surface area contributed by atoms with Crippen LogP contribution >= 0.6 is 11.8 Å². The van der Waals surface area contributed by atoms with E-state index in [0.717, 1.165) is 24.6 Å². The van der Waals surface area contributed by atoms with E-state index < -0.39 is 5.97 Å². The number of hydrogen-bond donors (Lipinski definition) is 2. The number of amidine groups is 1. The Kier molecular flexibility index (Phi) is 6.13. The van der Waals surface area contributed by atoms with Gasteiger partial charge in [-0.25, -0.2) is 0 Å². The average Bonchev–Trinajstić information content (AvgIpc) is 2.75. The van der Waals surface area contributed by atoms with Crippen molar-refractivity contribution in [2.75, 3.05) is 26.0 Å². The number of carboxylic acids is 1. The summed E-state index contributed by atoms with van der Waals surface area (Å²) >= 11 is 1.14. The molecule has 2 heterocycles. The van der Waals surface area contributed by atoms with Crippen LogP contribution in [0.3, 0.4) is 0 Å². The monoisotopic (exact) mass is 411 g/mol. The summed E-state index contributed by atoms with van der Waals surface area (Å²) in [5.41, 5.74) is 1.97. The van der Waals surface area contributed by atoms with Crippen molar-refractivity contribution < 1.29 is 25.6 Å². The van der Waals surface area contributed by atoms with E-state index in [0.29, 0.717) is 43.2 Å². The van der Waals surface area contributed by atoms with Crippen LogP contribution in [0.25, 0.3) is 0 Å². The highest BCUT2D eigenvalue weighted by Crippen LogP contribution is 2.33. The SMILES string of the molecule is [2H]NC(=O)C1CCC2N=C(SCC(=O)O)C(N3CCCC(C(=O)OC)C3)=NC2C1. The Hall–Kier alpha value is -2.10. The topological polar surface area (TPSA) is 135 Å². The largest absolute Gasteiger partial charge is 0.481 e. The van der Waals surface area contributed by atoms with Crippen LogP contribution in [0.5, 0.6) is 0 Å². The number of esters is 1. The Balaban J connectivity index is 1.82. The van der Waals surface area contributed by atoms with Crippen LogP contribution in [0, 0.1) is 11.8 Å². The Bertz CT molecular complexity index is 731. The molecule has 28 heavy (non-hydrogen) atoms. The van der Waals surface area contributed by atoms with Crippen LogP contribution in [0.1, 0.15) is 32.1 Å². The quantitative estimate of drug-likeness (QED) is 0.644. The number of nitrogens with two attached hydrogens (primary N) is 1. The number of carboxylic acid groups (broad SMARTS) is 1. The third-order valence-corrected chi connectivity index (χ3v) is 6.45. The van der Waals surface area contributed by atoms with Crippen LogP contribution in [0.15, 0.2) is 9.98 Å². The number of rotatable bonds is 4. The van der Waals surface area contributed by atoms with E-state index in [4.69, 9.17) is 21.2 Å². The first-order valence-electron chi connectivity index (χ1n) is 9.97. The molecule has 3 rings (SSSR count). The lowest BCUT2D eigenvalue weighted by Gasteiger charge is -2.39. The van der Waals surface area contributed by atoms with Gasteiger partial charge in [0.2, 0.25) is 5.91 Å². The van der Waals surface area contributed by atoms with E-state index in [2.05, 4.69) is 0 Å². The van der Waals surface area contributed by atoms with Crippen molar-refractivity contribution in [1.82, 2.24) is 4.90 Å². The third-order valence-electron chi connectivity index (χ3n) is 5.50. The molecule has 0 aromatic carbocycles. The van der Waals surface area contributed by atoms with Gasteiger partial charge in [0.15, 0.2) is 7.25 Å². The van der Waals surface area contributed by atoms with E-state index >= 15 is 0 Å². The average molecular weight is 412 g/mol. The number of thioether (sulfide) groups is 1. The highest BCUT2D eigenvalue weighted by atomic mass is 32.2. The number of likely N-dealkylation sites (tertiary alicyclic amines) is 1. The number of methoxy groups -OCH3 is 1. The molecular weight excluding hydrogens is 384 g/mol. The minimum Gasteiger partial charge on any atom is -0.481 e. The summed E-state index contributed by atoms with van der Waals surface area (Å²) in [4.78, 5) is 46.7. The predicted octanol–water partition coefficient (Wildman–Crippen LogP) is 0.522. The van der Waals surface area contributed by atoms with Gasteiger partial charge in [0, 0.05) is 19.0 Å². The standard InChI is InChI=1S/C18H26N4O5S/c1-27-18(26)11-3-2-6-22(8-11)16-17(28-9-14(23)24)21-12-5-4-10(15(19)25)7-13(12)20-16/h10-13H,2-9H2,1H3,(H2,19,25)(H,23,24)/i/hD. The number of primary amides is 1. The molecule has 2 fully saturated rings. The van der Waals surface area contributed by atoms with Gasteiger partial charge in [-0.15, -0.1) is 0 Å². The molecule has 1 amide bonds. The Labute approximate surface area is 169 Å². The van der Waals surface area contributed by atoms with Crippen LogP contribution in [0.2, 0.25) is 1.41 Å². The van der Waals surface area contributed by atoms with Gasteiger partial charge < -0.3 is 20.5 Å². The second-order valence-electron chi connectivity index (χ2n) is 7.39. The molecule has 3 N–H and O–H groups in total. The van der Waals surface area contributed by atoms with Crippen LogP contribution in [-0.4, -0.2) is 76.8 Å². The Morgan fingerprint density at radius 3 is 2.82 bits per heavy atom. The molecule has 0 bridgehead atoms. The first kappa shape index (κ1) is 19.2. The molecule has 4 atom stereocenters. The molecule has 10 heteroatoms. The molecular formula is C18H26N4O5S. The van der Waals surface area contributed by atoms with Crippen molar-refractivity contribution >= 4 is 40.5 Å². The summed E-state index contributed by atoms with van der Waals surface area (Å²) < 4.78 is 12.0. The van der Waals surface area contributed by atoms with Crippen LogP contribution in [0.4, 0.5) is 0 Å². The maximum atomic E-state index is 12.0. The molecule has 9 nitrogen and oxygen atoms in total. The molecule has 1 saturated heterocycles. The zero-order valence-electron chi connectivity index (χ0n) is 16.8. The number of piperidine rings is 1. The molecule has 0 aromatic rings. The zero-order chi connectivity index (χ0) is 21.0. The van der Waals surface area contributed by atoms with Gasteiger partial charge in [0.05, 0.1) is 30.9 Å². The van der Waals surface area contributed by atoms with Crippen molar-refractivity contribution in [2.24, 2.45) is 27.5 Å². The third kappa shape index (κ3) is 4.65. The number of aliphatic carboxylic acids is 1. The van der Waals surface area contributed by atoms with Crippen LogP contribution < -0.4 is 5.73 Å². The van der Waals surface area contributed by atoms with E-state index in [1.54, 1.807) is 0 Å². The second kappa shape index (κ2) is 8.93. The maximum absolute atomic E-state index is 12.0. The van der Waals surface area contributed by atoms with E-state index in [1.165, 1.54) is 7.11 Å². The van der Waals surface area contributed by atoms with Crippen molar-refractivity contribution in [3.8, 4) is 0 Å². The van der Waals surface area contributed by atoms with Crippen molar-refractivity contribution in [1.29, 1.82) is 0 Å². The van der Waals surface area contributed by atoms with Crippen LogP contribution in [-0.2, 0) is 19.1 Å². The van der Waals surface area contributed by atoms with Gasteiger partial charge in [-0.2, -0.15) is 0 Å². The lowest BCUT2D eigenvalue weighted by molar-refractivity contribution is -0.146. The first-order valence-corrected chi connectivity index (χ1v) is 10.5. The van der Waals surface area contributed by atoms with Gasteiger partial charge >= 0.3 is 11.9 Å². The van der Waals surface area contributed by atoms with E-state index in [1.807, 2.05) is 10.6 Å². The number of carbonyl (C=O) groups is 3. The summed E-state index contributed by atoms with van der Waals surface area (Å²) in [7, 11) is 1.37. The van der Waals surface area contributed by atoms with Gasteiger partial charge in [-0.3, -0.25) is 24.4 Å². The minimum absolute atomic E-state index is 0.0916. The molecule has 0 aromatic heterocycles.